The summed E-state index contributed by atoms with van der Waals surface area (Å²) in [7, 11) is 2.30. The number of carboxylic acids is 1. The van der Waals surface area contributed by atoms with Crippen LogP contribution < -0.4 is 0 Å². The summed E-state index contributed by atoms with van der Waals surface area (Å²) in [6.45, 7) is 10.7. The largest absolute Gasteiger partial charge is 0.481 e. The smallest absolute Gasteiger partial charge is 0.335 e. The summed E-state index contributed by atoms with van der Waals surface area (Å²) < 4.78 is 15.4. The first-order valence-electron chi connectivity index (χ1n) is 10.7. The lowest BCUT2D eigenvalue weighted by atomic mass is 9.47. The van der Waals surface area contributed by atoms with Gasteiger partial charge in [0.15, 0.2) is 6.10 Å². The van der Waals surface area contributed by atoms with Gasteiger partial charge in [-0.25, -0.2) is 4.79 Å². The van der Waals surface area contributed by atoms with Gasteiger partial charge in [0.1, 0.15) is 5.92 Å². The summed E-state index contributed by atoms with van der Waals surface area (Å²) in [5.74, 6) is -4.10. The average Bonchev–Trinajstić information content (AvgIpc) is 2.70. The van der Waals surface area contributed by atoms with Gasteiger partial charge in [0.25, 0.3) is 0 Å². The molecule has 0 heterocycles. The number of carboxylic acid groups (broad SMARTS) is 1. The highest BCUT2D eigenvalue weighted by Gasteiger charge is 2.56. The van der Waals surface area contributed by atoms with Crippen LogP contribution in [0.15, 0.2) is 12.2 Å². The third-order valence-electron chi connectivity index (χ3n) is 7.69. The number of hydrogen-bond donors (Lipinski definition) is 2. The van der Waals surface area contributed by atoms with Gasteiger partial charge in [0, 0.05) is 5.92 Å². The molecule has 0 aromatic rings. The van der Waals surface area contributed by atoms with E-state index in [2.05, 4.69) is 27.4 Å². The standard InChI is InChI=1S/C23H36O8/c1-13-7-8-16-22(2,3)17(24)9-10-23(16,4)15(13)12-31-19(21(28)30-6)14(11-18(25)26)20(27)29-5/h14-17,19,24H,1,7-12H2,2-6H3,(H,25,26). The highest BCUT2D eigenvalue weighted by Crippen LogP contribution is 2.60. The third kappa shape index (κ3) is 4.95. The van der Waals surface area contributed by atoms with E-state index >= 15 is 0 Å². The van der Waals surface area contributed by atoms with Crippen LogP contribution in [-0.4, -0.2) is 61.2 Å². The average molecular weight is 441 g/mol. The second-order valence-corrected chi connectivity index (χ2v) is 9.69. The minimum absolute atomic E-state index is 0.102. The molecule has 6 unspecified atom stereocenters. The Balaban J connectivity index is 2.30. The lowest BCUT2D eigenvalue weighted by Gasteiger charge is -2.59. The predicted molar refractivity (Wildman–Crippen MR) is 112 cm³/mol. The summed E-state index contributed by atoms with van der Waals surface area (Å²) in [6, 6.07) is 0. The van der Waals surface area contributed by atoms with E-state index in [1.165, 1.54) is 0 Å². The van der Waals surface area contributed by atoms with E-state index in [0.717, 1.165) is 39.1 Å². The molecular formula is C23H36O8. The van der Waals surface area contributed by atoms with Gasteiger partial charge < -0.3 is 24.4 Å². The zero-order valence-electron chi connectivity index (χ0n) is 19.2. The monoisotopic (exact) mass is 440 g/mol. The zero-order valence-corrected chi connectivity index (χ0v) is 19.2. The molecule has 0 spiro atoms. The first-order valence-corrected chi connectivity index (χ1v) is 10.7. The molecule has 0 aromatic carbocycles. The fourth-order valence-corrected chi connectivity index (χ4v) is 5.79. The Kier molecular flexibility index (Phi) is 7.92. The normalized spacial score (nSPS) is 31.8. The van der Waals surface area contributed by atoms with Crippen molar-refractivity contribution in [1.82, 2.24) is 0 Å². The number of aliphatic carboxylic acids is 1. The quantitative estimate of drug-likeness (QED) is 0.437. The second kappa shape index (κ2) is 9.69. The number of methoxy groups -OCH3 is 2. The van der Waals surface area contributed by atoms with Gasteiger partial charge in [-0.2, -0.15) is 0 Å². The summed E-state index contributed by atoms with van der Waals surface area (Å²) in [5, 5.41) is 19.8. The van der Waals surface area contributed by atoms with Gasteiger partial charge in [0.2, 0.25) is 0 Å². The van der Waals surface area contributed by atoms with Crippen molar-refractivity contribution in [3.05, 3.63) is 12.2 Å². The predicted octanol–water partition coefficient (Wildman–Crippen LogP) is 2.58. The van der Waals surface area contributed by atoms with Crippen LogP contribution in [0.2, 0.25) is 0 Å². The molecule has 6 atom stereocenters. The van der Waals surface area contributed by atoms with Gasteiger partial charge in [-0.15, -0.1) is 0 Å². The molecule has 0 amide bonds. The molecule has 0 saturated heterocycles. The van der Waals surface area contributed by atoms with Gasteiger partial charge in [0.05, 0.1) is 33.4 Å². The third-order valence-corrected chi connectivity index (χ3v) is 7.69. The van der Waals surface area contributed by atoms with E-state index in [9.17, 15) is 24.6 Å². The van der Waals surface area contributed by atoms with E-state index in [-0.39, 0.29) is 35.4 Å². The van der Waals surface area contributed by atoms with Crippen molar-refractivity contribution in [2.75, 3.05) is 20.8 Å². The lowest BCUT2D eigenvalue weighted by Crippen LogP contribution is -2.56. The molecule has 2 N–H and O–H groups in total. The van der Waals surface area contributed by atoms with Crippen LogP contribution in [0.5, 0.6) is 0 Å². The van der Waals surface area contributed by atoms with E-state index in [4.69, 9.17) is 14.2 Å². The minimum atomic E-state index is -1.40. The number of aliphatic hydroxyl groups is 1. The van der Waals surface area contributed by atoms with Crippen molar-refractivity contribution >= 4 is 17.9 Å². The lowest BCUT2D eigenvalue weighted by molar-refractivity contribution is -0.176. The van der Waals surface area contributed by atoms with Crippen LogP contribution in [0.3, 0.4) is 0 Å². The summed E-state index contributed by atoms with van der Waals surface area (Å²) in [5.41, 5.74) is 0.528. The number of hydrogen-bond acceptors (Lipinski definition) is 7. The van der Waals surface area contributed by atoms with Crippen LogP contribution in [0.1, 0.15) is 52.9 Å². The fourth-order valence-electron chi connectivity index (χ4n) is 5.79. The molecule has 2 aliphatic rings. The Morgan fingerprint density at radius 1 is 1.13 bits per heavy atom. The van der Waals surface area contributed by atoms with E-state index in [1.807, 2.05) is 0 Å². The number of carbonyl (C=O) groups is 3. The van der Waals surface area contributed by atoms with E-state index < -0.39 is 36.4 Å². The van der Waals surface area contributed by atoms with Crippen molar-refractivity contribution in [2.45, 2.75) is 65.1 Å². The van der Waals surface area contributed by atoms with Crippen molar-refractivity contribution in [1.29, 1.82) is 0 Å². The SMILES string of the molecule is C=C1CCC2C(C)(C)C(O)CCC2(C)C1COC(C(=O)OC)C(CC(=O)O)C(=O)OC. The Hall–Kier alpha value is -1.93. The van der Waals surface area contributed by atoms with Crippen LogP contribution >= 0.6 is 0 Å². The zero-order chi connectivity index (χ0) is 23.6. The van der Waals surface area contributed by atoms with Gasteiger partial charge in [-0.05, 0) is 42.4 Å². The highest BCUT2D eigenvalue weighted by atomic mass is 16.6. The topological polar surface area (TPSA) is 119 Å². The van der Waals surface area contributed by atoms with Crippen molar-refractivity contribution in [3.63, 3.8) is 0 Å². The number of rotatable bonds is 8. The maximum atomic E-state index is 12.4. The Morgan fingerprint density at radius 2 is 1.74 bits per heavy atom. The first-order chi connectivity index (χ1) is 14.4. The Labute approximate surface area is 183 Å². The second-order valence-electron chi connectivity index (χ2n) is 9.69. The van der Waals surface area contributed by atoms with E-state index in [0.29, 0.717) is 6.42 Å². The van der Waals surface area contributed by atoms with Gasteiger partial charge in [-0.1, -0.05) is 32.9 Å². The molecule has 8 nitrogen and oxygen atoms in total. The minimum Gasteiger partial charge on any atom is -0.481 e. The first kappa shape index (κ1) is 25.3. The number of carbonyl (C=O) groups excluding carboxylic acids is 2. The van der Waals surface area contributed by atoms with Crippen LogP contribution in [0, 0.1) is 28.6 Å². The van der Waals surface area contributed by atoms with Crippen LogP contribution in [0.4, 0.5) is 0 Å². The number of aliphatic hydroxyl groups excluding tert-OH is 1. The Bertz CT molecular complexity index is 714. The van der Waals surface area contributed by atoms with Crippen molar-refractivity contribution < 1.29 is 38.8 Å². The van der Waals surface area contributed by atoms with Crippen molar-refractivity contribution in [2.24, 2.45) is 28.6 Å². The van der Waals surface area contributed by atoms with Gasteiger partial charge in [-0.3, -0.25) is 9.59 Å². The summed E-state index contributed by atoms with van der Waals surface area (Å²) in [6.07, 6.45) is 0.746. The molecule has 8 heteroatoms. The highest BCUT2D eigenvalue weighted by molar-refractivity contribution is 5.86. The van der Waals surface area contributed by atoms with Crippen molar-refractivity contribution in [3.8, 4) is 0 Å². The molecule has 31 heavy (non-hydrogen) atoms. The maximum absolute atomic E-state index is 12.4. The molecule has 2 aliphatic carbocycles. The molecule has 0 aromatic heterocycles. The molecule has 0 bridgehead atoms. The summed E-state index contributed by atoms with van der Waals surface area (Å²) in [4.78, 5) is 35.9. The fraction of sp³-hybridized carbons (Fsp3) is 0.783. The number of ether oxygens (including phenoxy) is 3. The molecular weight excluding hydrogens is 404 g/mol. The van der Waals surface area contributed by atoms with Gasteiger partial charge >= 0.3 is 17.9 Å². The van der Waals surface area contributed by atoms with Crippen LogP contribution in [0.25, 0.3) is 0 Å². The molecule has 176 valence electrons. The molecule has 2 rings (SSSR count). The summed E-state index contributed by atoms with van der Waals surface area (Å²) >= 11 is 0. The molecule has 0 aliphatic heterocycles. The molecule has 0 radical (unpaired) electrons. The van der Waals surface area contributed by atoms with E-state index in [1.54, 1.807) is 0 Å². The number of fused-ring (bicyclic) bond motifs is 1. The van der Waals surface area contributed by atoms with Crippen LogP contribution in [-0.2, 0) is 28.6 Å². The molecule has 2 fully saturated rings. The maximum Gasteiger partial charge on any atom is 0.335 e. The number of esters is 2. The Morgan fingerprint density at radius 3 is 2.29 bits per heavy atom. The molecule has 2 saturated carbocycles.